The van der Waals surface area contributed by atoms with Crippen molar-refractivity contribution >= 4 is 11.8 Å². The van der Waals surface area contributed by atoms with Crippen molar-refractivity contribution in [1.29, 1.82) is 0 Å². The molecule has 1 unspecified atom stereocenters. The van der Waals surface area contributed by atoms with E-state index in [-0.39, 0.29) is 0 Å². The van der Waals surface area contributed by atoms with Crippen molar-refractivity contribution in [3.05, 3.63) is 0 Å². The van der Waals surface area contributed by atoms with Crippen LogP contribution in [0.1, 0.15) is 13.3 Å². The highest BCUT2D eigenvalue weighted by atomic mass is 32.2. The van der Waals surface area contributed by atoms with Gasteiger partial charge >= 0.3 is 0 Å². The van der Waals surface area contributed by atoms with Gasteiger partial charge in [-0.15, -0.1) is 18.2 Å². The van der Waals surface area contributed by atoms with Crippen LogP contribution in [0.15, 0.2) is 0 Å². The van der Waals surface area contributed by atoms with Crippen LogP contribution in [-0.2, 0) is 0 Å². The molecular formula is C7H13NS. The maximum atomic E-state index is 5.62. The first-order valence-corrected chi connectivity index (χ1v) is 4.23. The van der Waals surface area contributed by atoms with Crippen LogP contribution in [0.5, 0.6) is 0 Å². The quantitative estimate of drug-likeness (QED) is 0.471. The molecule has 0 aliphatic carbocycles. The van der Waals surface area contributed by atoms with Crippen LogP contribution in [0.2, 0.25) is 0 Å². The van der Waals surface area contributed by atoms with Crippen LogP contribution in [0.3, 0.4) is 0 Å². The van der Waals surface area contributed by atoms with Gasteiger partial charge in [-0.1, -0.05) is 12.8 Å². The first-order valence-electron chi connectivity index (χ1n) is 3.08. The number of rotatable bonds is 4. The summed E-state index contributed by atoms with van der Waals surface area (Å²) < 4.78 is 0. The predicted molar refractivity (Wildman–Crippen MR) is 44.4 cm³/mol. The third-order valence-corrected chi connectivity index (χ3v) is 2.08. The molecular weight excluding hydrogens is 130 g/mol. The minimum Gasteiger partial charge on any atom is -0.327 e. The largest absolute Gasteiger partial charge is 0.327 e. The molecule has 0 saturated heterocycles. The molecule has 0 aromatic heterocycles. The van der Waals surface area contributed by atoms with E-state index in [9.17, 15) is 0 Å². The van der Waals surface area contributed by atoms with Gasteiger partial charge in [-0.3, -0.25) is 0 Å². The molecule has 0 spiro atoms. The Morgan fingerprint density at radius 1 is 1.78 bits per heavy atom. The van der Waals surface area contributed by atoms with Crippen LogP contribution in [0.25, 0.3) is 0 Å². The van der Waals surface area contributed by atoms with Crippen molar-refractivity contribution < 1.29 is 0 Å². The Labute approximate surface area is 61.4 Å². The molecule has 0 saturated carbocycles. The van der Waals surface area contributed by atoms with E-state index in [2.05, 4.69) is 12.8 Å². The summed E-state index contributed by atoms with van der Waals surface area (Å²) >= 11 is 1.72. The fourth-order valence-corrected chi connectivity index (χ4v) is 1.16. The van der Waals surface area contributed by atoms with Crippen LogP contribution in [0, 0.1) is 12.3 Å². The van der Waals surface area contributed by atoms with Gasteiger partial charge in [-0.05, 0) is 6.42 Å². The number of terminal acetylenes is 1. The lowest BCUT2D eigenvalue weighted by atomic mass is 10.3. The normalized spacial score (nSPS) is 12.6. The Balaban J connectivity index is 2.99. The van der Waals surface area contributed by atoms with Crippen molar-refractivity contribution in [2.45, 2.75) is 19.4 Å². The van der Waals surface area contributed by atoms with Gasteiger partial charge in [0, 0.05) is 11.8 Å². The molecule has 1 nitrogen and oxygen atoms in total. The third-order valence-electron chi connectivity index (χ3n) is 1.04. The van der Waals surface area contributed by atoms with Crippen LogP contribution >= 0.6 is 11.8 Å². The standard InChI is InChI=1S/C7H13NS/c1-3-5-9-6-7(8)4-2/h1,7H,4-6,8H2,2H3. The highest BCUT2D eigenvalue weighted by Gasteiger charge is 1.95. The van der Waals surface area contributed by atoms with E-state index in [0.717, 1.165) is 17.9 Å². The molecule has 1 atom stereocenters. The maximum Gasteiger partial charge on any atom is 0.0545 e. The van der Waals surface area contributed by atoms with Crippen LogP contribution in [0.4, 0.5) is 0 Å². The maximum absolute atomic E-state index is 5.62. The Hall–Kier alpha value is -0.130. The van der Waals surface area contributed by atoms with E-state index < -0.39 is 0 Å². The summed E-state index contributed by atoms with van der Waals surface area (Å²) in [6, 6.07) is 0.323. The Morgan fingerprint density at radius 3 is 2.89 bits per heavy atom. The van der Waals surface area contributed by atoms with Crippen LogP contribution in [-0.4, -0.2) is 17.5 Å². The van der Waals surface area contributed by atoms with Gasteiger partial charge in [0.2, 0.25) is 0 Å². The molecule has 0 radical (unpaired) electrons. The van der Waals surface area contributed by atoms with Crippen molar-refractivity contribution in [3.63, 3.8) is 0 Å². The summed E-state index contributed by atoms with van der Waals surface area (Å²) in [5, 5.41) is 0. The Kier molecular flexibility index (Phi) is 5.91. The van der Waals surface area contributed by atoms with Crippen molar-refractivity contribution in [2.24, 2.45) is 5.73 Å². The van der Waals surface area contributed by atoms with E-state index in [4.69, 9.17) is 12.2 Å². The molecule has 2 N–H and O–H groups in total. The summed E-state index contributed by atoms with van der Waals surface area (Å²) in [6.07, 6.45) is 6.08. The smallest absolute Gasteiger partial charge is 0.0545 e. The molecule has 0 aromatic carbocycles. The van der Waals surface area contributed by atoms with Crippen molar-refractivity contribution in [3.8, 4) is 12.3 Å². The molecule has 0 aromatic rings. The zero-order valence-electron chi connectivity index (χ0n) is 5.76. The predicted octanol–water partition coefficient (Wildman–Crippen LogP) is 1.09. The number of thioether (sulfide) groups is 1. The van der Waals surface area contributed by atoms with Gasteiger partial charge in [0.1, 0.15) is 0 Å². The number of hydrogen-bond acceptors (Lipinski definition) is 2. The molecule has 0 fully saturated rings. The third kappa shape index (κ3) is 5.75. The second-order valence-electron chi connectivity index (χ2n) is 1.89. The highest BCUT2D eigenvalue weighted by molar-refractivity contribution is 7.99. The molecule has 0 heterocycles. The lowest BCUT2D eigenvalue weighted by Gasteiger charge is -2.04. The van der Waals surface area contributed by atoms with Gasteiger partial charge < -0.3 is 5.73 Å². The fraction of sp³-hybridized carbons (Fsp3) is 0.714. The SMILES string of the molecule is C#CCSCC(N)CC. The molecule has 2 heteroatoms. The van der Waals surface area contributed by atoms with Crippen LogP contribution < -0.4 is 5.73 Å². The molecule has 0 rings (SSSR count). The lowest BCUT2D eigenvalue weighted by molar-refractivity contribution is 0.725. The van der Waals surface area contributed by atoms with E-state index in [1.54, 1.807) is 11.8 Å². The van der Waals surface area contributed by atoms with E-state index in [0.29, 0.717) is 6.04 Å². The van der Waals surface area contributed by atoms with Gasteiger partial charge in [0.05, 0.1) is 5.75 Å². The fourth-order valence-electron chi connectivity index (χ4n) is 0.387. The first-order chi connectivity index (χ1) is 4.31. The minimum atomic E-state index is 0.323. The monoisotopic (exact) mass is 143 g/mol. The highest BCUT2D eigenvalue weighted by Crippen LogP contribution is 2.01. The summed E-state index contributed by atoms with van der Waals surface area (Å²) in [4.78, 5) is 0. The molecule has 0 bridgehead atoms. The zero-order valence-corrected chi connectivity index (χ0v) is 6.58. The topological polar surface area (TPSA) is 26.0 Å². The summed E-state index contributed by atoms with van der Waals surface area (Å²) in [7, 11) is 0. The zero-order chi connectivity index (χ0) is 7.11. The lowest BCUT2D eigenvalue weighted by Crippen LogP contribution is -2.21. The second kappa shape index (κ2) is 6.00. The molecule has 9 heavy (non-hydrogen) atoms. The molecule has 52 valence electrons. The average Bonchev–Trinajstić information content (AvgIpc) is 1.89. The molecule has 0 amide bonds. The van der Waals surface area contributed by atoms with E-state index in [1.807, 2.05) is 0 Å². The molecule has 0 aliphatic heterocycles. The number of hydrogen-bond donors (Lipinski definition) is 1. The Morgan fingerprint density at radius 2 is 2.44 bits per heavy atom. The van der Waals surface area contributed by atoms with Crippen molar-refractivity contribution in [1.82, 2.24) is 0 Å². The Bertz CT molecular complexity index is 95.6. The molecule has 0 aliphatic rings. The summed E-state index contributed by atoms with van der Waals surface area (Å²) in [6.45, 7) is 2.08. The summed E-state index contributed by atoms with van der Waals surface area (Å²) in [5.74, 6) is 4.33. The van der Waals surface area contributed by atoms with Gasteiger partial charge in [0.25, 0.3) is 0 Å². The second-order valence-corrected chi connectivity index (χ2v) is 2.92. The van der Waals surface area contributed by atoms with Gasteiger partial charge in [-0.25, -0.2) is 0 Å². The van der Waals surface area contributed by atoms with Gasteiger partial charge in [0.15, 0.2) is 0 Å². The van der Waals surface area contributed by atoms with Gasteiger partial charge in [-0.2, -0.15) is 0 Å². The van der Waals surface area contributed by atoms with Crippen molar-refractivity contribution in [2.75, 3.05) is 11.5 Å². The van der Waals surface area contributed by atoms with E-state index >= 15 is 0 Å². The number of nitrogens with two attached hydrogens (primary N) is 1. The minimum absolute atomic E-state index is 0.323. The summed E-state index contributed by atoms with van der Waals surface area (Å²) in [5.41, 5.74) is 5.62. The first kappa shape index (κ1) is 8.87. The van der Waals surface area contributed by atoms with E-state index in [1.165, 1.54) is 0 Å². The average molecular weight is 143 g/mol.